The van der Waals surface area contributed by atoms with Gasteiger partial charge >= 0.3 is 6.09 Å². The molecule has 1 aromatic heterocycles. The molecule has 9 nitrogen and oxygen atoms in total. The molecule has 2 amide bonds. The van der Waals surface area contributed by atoms with Crippen LogP contribution in [-0.4, -0.2) is 59.6 Å². The standard InChI is InChI=1S/C24H30N4O5/c1-24(2,3)33-23(30)27-10-8-17(9-11-27)28-15-20(22(25)29)21(26-28)7-6-16-12-18(31-4)14-19(13-16)32-5/h12-15,17H,8-11H2,1-5H3,(H2,25,29). The highest BCUT2D eigenvalue weighted by molar-refractivity contribution is 5.94. The number of nitrogens with zero attached hydrogens (tertiary/aromatic N) is 3. The number of carbonyl (C=O) groups excluding carboxylic acids is 2. The number of piperidine rings is 1. The fourth-order valence-corrected chi connectivity index (χ4v) is 3.50. The van der Waals surface area contributed by atoms with Crippen LogP contribution in [0.4, 0.5) is 4.79 Å². The summed E-state index contributed by atoms with van der Waals surface area (Å²) in [6.45, 7) is 6.61. The summed E-state index contributed by atoms with van der Waals surface area (Å²) < 4.78 is 17.7. The zero-order valence-corrected chi connectivity index (χ0v) is 19.7. The molecule has 2 aromatic rings. The van der Waals surface area contributed by atoms with Gasteiger partial charge in [-0.25, -0.2) is 4.79 Å². The maximum atomic E-state index is 12.3. The summed E-state index contributed by atoms with van der Waals surface area (Å²) in [4.78, 5) is 26.0. The summed E-state index contributed by atoms with van der Waals surface area (Å²) in [7, 11) is 3.12. The number of benzene rings is 1. The van der Waals surface area contributed by atoms with E-state index in [0.717, 1.165) is 0 Å². The predicted octanol–water partition coefficient (Wildman–Crippen LogP) is 2.97. The zero-order chi connectivity index (χ0) is 24.2. The van der Waals surface area contributed by atoms with E-state index >= 15 is 0 Å². The summed E-state index contributed by atoms with van der Waals surface area (Å²) in [6, 6.07) is 5.30. The highest BCUT2D eigenvalue weighted by Crippen LogP contribution is 2.25. The lowest BCUT2D eigenvalue weighted by atomic mass is 10.1. The number of methoxy groups -OCH3 is 2. The number of hydrogen-bond donors (Lipinski definition) is 1. The van der Waals surface area contributed by atoms with Crippen LogP contribution in [0, 0.1) is 11.8 Å². The lowest BCUT2D eigenvalue weighted by Gasteiger charge is -2.33. The molecule has 0 atom stereocenters. The van der Waals surface area contributed by atoms with Crippen LogP contribution in [0.25, 0.3) is 0 Å². The smallest absolute Gasteiger partial charge is 0.410 e. The SMILES string of the molecule is COc1cc(C#Cc2nn(C3CCN(C(=O)OC(C)(C)C)CC3)cc2C(N)=O)cc(OC)c1. The first-order valence-corrected chi connectivity index (χ1v) is 10.7. The number of likely N-dealkylation sites (tertiary alicyclic amines) is 1. The normalized spacial score (nSPS) is 14.3. The second-order valence-electron chi connectivity index (χ2n) is 8.79. The van der Waals surface area contributed by atoms with E-state index in [1.807, 2.05) is 20.8 Å². The van der Waals surface area contributed by atoms with E-state index in [1.54, 1.807) is 48.2 Å². The molecule has 1 saturated heterocycles. The number of rotatable bonds is 4. The molecule has 2 N–H and O–H groups in total. The van der Waals surface area contributed by atoms with Gasteiger partial charge in [0.05, 0.1) is 25.8 Å². The lowest BCUT2D eigenvalue weighted by molar-refractivity contribution is 0.0184. The van der Waals surface area contributed by atoms with Crippen molar-refractivity contribution in [2.45, 2.75) is 45.3 Å². The van der Waals surface area contributed by atoms with Crippen molar-refractivity contribution in [2.75, 3.05) is 27.3 Å². The zero-order valence-electron chi connectivity index (χ0n) is 19.7. The average molecular weight is 455 g/mol. The van der Waals surface area contributed by atoms with E-state index < -0.39 is 11.5 Å². The summed E-state index contributed by atoms with van der Waals surface area (Å²) >= 11 is 0. The maximum absolute atomic E-state index is 12.3. The molecular weight excluding hydrogens is 424 g/mol. The highest BCUT2D eigenvalue weighted by Gasteiger charge is 2.28. The van der Waals surface area contributed by atoms with E-state index in [-0.39, 0.29) is 17.7 Å². The van der Waals surface area contributed by atoms with Crippen LogP contribution in [0.1, 0.15) is 61.3 Å². The van der Waals surface area contributed by atoms with Crippen LogP contribution in [0.5, 0.6) is 11.5 Å². The molecule has 2 heterocycles. The van der Waals surface area contributed by atoms with E-state index in [1.165, 1.54) is 0 Å². The van der Waals surface area contributed by atoms with E-state index in [4.69, 9.17) is 19.9 Å². The van der Waals surface area contributed by atoms with Gasteiger partial charge in [-0.2, -0.15) is 5.10 Å². The maximum Gasteiger partial charge on any atom is 0.410 e. The Balaban J connectivity index is 1.77. The van der Waals surface area contributed by atoms with Crippen molar-refractivity contribution in [1.82, 2.24) is 14.7 Å². The van der Waals surface area contributed by atoms with Crippen molar-refractivity contribution >= 4 is 12.0 Å². The molecule has 0 aliphatic carbocycles. The first-order chi connectivity index (χ1) is 15.6. The number of aromatic nitrogens is 2. The van der Waals surface area contributed by atoms with Gasteiger partial charge in [-0.15, -0.1) is 0 Å². The third kappa shape index (κ3) is 6.19. The number of primary amides is 1. The lowest BCUT2D eigenvalue weighted by Crippen LogP contribution is -2.42. The molecule has 1 fully saturated rings. The number of nitrogens with two attached hydrogens (primary N) is 1. The van der Waals surface area contributed by atoms with Crippen molar-refractivity contribution in [3.05, 3.63) is 41.2 Å². The largest absolute Gasteiger partial charge is 0.497 e. The summed E-state index contributed by atoms with van der Waals surface area (Å²) in [5, 5.41) is 4.53. The minimum atomic E-state index is -0.597. The average Bonchev–Trinajstić information content (AvgIpc) is 3.21. The first-order valence-electron chi connectivity index (χ1n) is 10.7. The van der Waals surface area contributed by atoms with Gasteiger partial charge < -0.3 is 24.8 Å². The minimum Gasteiger partial charge on any atom is -0.497 e. The molecular formula is C24H30N4O5. The second-order valence-corrected chi connectivity index (χ2v) is 8.79. The fraction of sp³-hybridized carbons (Fsp3) is 0.458. The van der Waals surface area contributed by atoms with Crippen LogP contribution < -0.4 is 15.2 Å². The Labute approximate surface area is 193 Å². The van der Waals surface area contributed by atoms with Crippen molar-refractivity contribution in [3.63, 3.8) is 0 Å². The Hall–Kier alpha value is -3.67. The minimum absolute atomic E-state index is 0.0225. The Morgan fingerprint density at radius 2 is 1.67 bits per heavy atom. The number of amides is 2. The molecule has 1 aliphatic rings. The monoisotopic (exact) mass is 454 g/mol. The summed E-state index contributed by atoms with van der Waals surface area (Å²) in [6.07, 6.45) is 2.67. The van der Waals surface area contributed by atoms with Gasteiger partial charge in [0.25, 0.3) is 5.91 Å². The number of hydrogen-bond acceptors (Lipinski definition) is 6. The fourth-order valence-electron chi connectivity index (χ4n) is 3.50. The van der Waals surface area contributed by atoms with E-state index in [0.29, 0.717) is 48.7 Å². The molecule has 0 spiro atoms. The van der Waals surface area contributed by atoms with E-state index in [2.05, 4.69) is 16.9 Å². The molecule has 1 aliphatic heterocycles. The molecule has 33 heavy (non-hydrogen) atoms. The van der Waals surface area contributed by atoms with Gasteiger partial charge in [0.15, 0.2) is 0 Å². The van der Waals surface area contributed by atoms with Crippen molar-refractivity contribution < 1.29 is 23.8 Å². The summed E-state index contributed by atoms with van der Waals surface area (Å²) in [5.41, 5.74) is 6.25. The molecule has 0 saturated carbocycles. The van der Waals surface area contributed by atoms with Gasteiger partial charge in [-0.05, 0) is 51.7 Å². The topological polar surface area (TPSA) is 109 Å². The Morgan fingerprint density at radius 1 is 1.06 bits per heavy atom. The first kappa shape index (κ1) is 24.0. The number of carbonyl (C=O) groups is 2. The van der Waals surface area contributed by atoms with Crippen molar-refractivity contribution in [2.24, 2.45) is 5.73 Å². The third-order valence-electron chi connectivity index (χ3n) is 5.16. The van der Waals surface area contributed by atoms with Gasteiger partial charge in [-0.3, -0.25) is 9.48 Å². The molecule has 3 rings (SSSR count). The Bertz CT molecular complexity index is 1060. The van der Waals surface area contributed by atoms with Crippen LogP contribution in [0.2, 0.25) is 0 Å². The van der Waals surface area contributed by atoms with Gasteiger partial charge in [0, 0.05) is 30.9 Å². The van der Waals surface area contributed by atoms with Crippen LogP contribution in [0.3, 0.4) is 0 Å². The molecule has 1 aromatic carbocycles. The van der Waals surface area contributed by atoms with Gasteiger partial charge in [0.1, 0.15) is 22.8 Å². The molecule has 0 bridgehead atoms. The number of ether oxygens (including phenoxy) is 3. The molecule has 176 valence electrons. The van der Waals surface area contributed by atoms with Crippen LogP contribution >= 0.6 is 0 Å². The molecule has 9 heteroatoms. The third-order valence-corrected chi connectivity index (χ3v) is 5.16. The van der Waals surface area contributed by atoms with Crippen molar-refractivity contribution in [1.29, 1.82) is 0 Å². The van der Waals surface area contributed by atoms with E-state index in [9.17, 15) is 9.59 Å². The second kappa shape index (κ2) is 9.86. The Kier molecular flexibility index (Phi) is 7.16. The van der Waals surface area contributed by atoms with Crippen LogP contribution in [0.15, 0.2) is 24.4 Å². The highest BCUT2D eigenvalue weighted by atomic mass is 16.6. The summed E-state index contributed by atoms with van der Waals surface area (Å²) in [5.74, 6) is 6.57. The molecule has 0 unspecified atom stereocenters. The van der Waals surface area contributed by atoms with Gasteiger partial charge in [-0.1, -0.05) is 5.92 Å². The van der Waals surface area contributed by atoms with Crippen LogP contribution in [-0.2, 0) is 4.74 Å². The van der Waals surface area contributed by atoms with Crippen molar-refractivity contribution in [3.8, 4) is 23.3 Å². The van der Waals surface area contributed by atoms with Gasteiger partial charge in [0.2, 0.25) is 0 Å². The Morgan fingerprint density at radius 3 is 2.18 bits per heavy atom. The quantitative estimate of drug-likeness (QED) is 0.712. The molecule has 0 radical (unpaired) electrons. The predicted molar refractivity (Wildman–Crippen MR) is 122 cm³/mol.